The molecule has 0 unspecified atom stereocenters. The first-order valence-corrected chi connectivity index (χ1v) is 7.52. The first kappa shape index (κ1) is 17.1. The zero-order chi connectivity index (χ0) is 16.8. The average molecular weight is 320 g/mol. The van der Waals surface area contributed by atoms with Crippen LogP contribution in [-0.4, -0.2) is 61.5 Å². The minimum absolute atomic E-state index is 0.0351. The highest BCUT2D eigenvalue weighted by Crippen LogP contribution is 2.12. The largest absolute Gasteiger partial charge is 0.468 e. The minimum atomic E-state index is -0.298. The van der Waals surface area contributed by atoms with Gasteiger partial charge >= 0.3 is 5.97 Å². The van der Waals surface area contributed by atoms with E-state index in [1.54, 1.807) is 30.0 Å². The van der Waals surface area contributed by atoms with E-state index < -0.39 is 0 Å². The Hall–Kier alpha value is -2.21. The predicted octanol–water partition coefficient (Wildman–Crippen LogP) is 1.55. The Bertz CT molecular complexity index is 590. The number of halogens is 1. The van der Waals surface area contributed by atoms with Crippen molar-refractivity contribution in [3.05, 3.63) is 41.2 Å². The van der Waals surface area contributed by atoms with Gasteiger partial charge in [-0.3, -0.25) is 14.5 Å². The molecule has 2 rings (SSSR count). The Morgan fingerprint density at radius 1 is 1.17 bits per heavy atom. The fourth-order valence-corrected chi connectivity index (χ4v) is 2.48. The third-order valence-corrected chi connectivity index (χ3v) is 3.83. The highest BCUT2D eigenvalue weighted by Gasteiger charge is 2.23. The summed E-state index contributed by atoms with van der Waals surface area (Å²) in [5, 5.41) is 0. The number of piperazine rings is 1. The second kappa shape index (κ2) is 7.87. The van der Waals surface area contributed by atoms with Crippen molar-refractivity contribution in [2.24, 2.45) is 0 Å². The number of amides is 1. The second-order valence-electron chi connectivity index (χ2n) is 5.52. The summed E-state index contributed by atoms with van der Waals surface area (Å²) in [4.78, 5) is 27.4. The van der Waals surface area contributed by atoms with Crippen LogP contribution in [0.2, 0.25) is 0 Å². The number of hydrogen-bond acceptors (Lipinski definition) is 4. The van der Waals surface area contributed by atoms with Crippen molar-refractivity contribution >= 4 is 18.0 Å². The van der Waals surface area contributed by atoms with E-state index >= 15 is 0 Å². The molecule has 1 saturated heterocycles. The molecular weight excluding hydrogens is 299 g/mol. The van der Waals surface area contributed by atoms with Crippen LogP contribution in [0.25, 0.3) is 6.08 Å². The van der Waals surface area contributed by atoms with Gasteiger partial charge in [-0.1, -0.05) is 12.1 Å². The topological polar surface area (TPSA) is 49.9 Å². The van der Waals surface area contributed by atoms with Gasteiger partial charge in [-0.25, -0.2) is 4.39 Å². The summed E-state index contributed by atoms with van der Waals surface area (Å²) in [6.07, 6.45) is 1.75. The van der Waals surface area contributed by atoms with Gasteiger partial charge in [-0.15, -0.1) is 0 Å². The molecule has 0 saturated carbocycles. The number of rotatable bonds is 4. The molecule has 5 nitrogen and oxygen atoms in total. The number of methoxy groups -OCH3 is 1. The fourth-order valence-electron chi connectivity index (χ4n) is 2.48. The average Bonchev–Trinajstić information content (AvgIpc) is 2.56. The van der Waals surface area contributed by atoms with Gasteiger partial charge < -0.3 is 9.64 Å². The molecule has 1 aromatic rings. The lowest BCUT2D eigenvalue weighted by Gasteiger charge is -2.34. The van der Waals surface area contributed by atoms with E-state index in [-0.39, 0.29) is 24.2 Å². The highest BCUT2D eigenvalue weighted by molar-refractivity contribution is 5.97. The van der Waals surface area contributed by atoms with Gasteiger partial charge in [0.05, 0.1) is 13.7 Å². The van der Waals surface area contributed by atoms with Crippen molar-refractivity contribution in [2.75, 3.05) is 39.8 Å². The maximum absolute atomic E-state index is 12.9. The van der Waals surface area contributed by atoms with Crippen molar-refractivity contribution in [3.63, 3.8) is 0 Å². The second-order valence-corrected chi connectivity index (χ2v) is 5.52. The number of nitrogens with zero attached hydrogens (tertiary/aromatic N) is 2. The molecule has 1 fully saturated rings. The monoisotopic (exact) mass is 320 g/mol. The van der Waals surface area contributed by atoms with E-state index in [9.17, 15) is 14.0 Å². The number of hydrogen-bond donors (Lipinski definition) is 0. The molecule has 124 valence electrons. The molecule has 0 atom stereocenters. The van der Waals surface area contributed by atoms with Crippen LogP contribution in [0.15, 0.2) is 29.8 Å². The summed E-state index contributed by atoms with van der Waals surface area (Å²) in [6.45, 7) is 4.44. The zero-order valence-corrected chi connectivity index (χ0v) is 13.4. The third-order valence-electron chi connectivity index (χ3n) is 3.83. The van der Waals surface area contributed by atoms with E-state index in [0.717, 1.165) is 5.56 Å². The molecule has 0 spiro atoms. The number of esters is 1. The highest BCUT2D eigenvalue weighted by atomic mass is 19.1. The van der Waals surface area contributed by atoms with Crippen molar-refractivity contribution < 1.29 is 18.7 Å². The van der Waals surface area contributed by atoms with Gasteiger partial charge in [0.1, 0.15) is 5.82 Å². The third kappa shape index (κ3) is 4.89. The van der Waals surface area contributed by atoms with E-state index in [0.29, 0.717) is 31.8 Å². The number of ether oxygens (including phenoxy) is 1. The van der Waals surface area contributed by atoms with Gasteiger partial charge in [0.2, 0.25) is 5.91 Å². The summed E-state index contributed by atoms with van der Waals surface area (Å²) < 4.78 is 17.5. The lowest BCUT2D eigenvalue weighted by atomic mass is 10.1. The molecule has 0 aromatic heterocycles. The summed E-state index contributed by atoms with van der Waals surface area (Å²) in [5.41, 5.74) is 1.40. The lowest BCUT2D eigenvalue weighted by Crippen LogP contribution is -2.50. The van der Waals surface area contributed by atoms with Crippen LogP contribution < -0.4 is 0 Å². The number of carbonyl (C=O) groups is 2. The molecule has 1 aliphatic heterocycles. The van der Waals surface area contributed by atoms with Crippen LogP contribution in [0, 0.1) is 5.82 Å². The smallest absolute Gasteiger partial charge is 0.319 e. The van der Waals surface area contributed by atoms with Crippen LogP contribution in [0.5, 0.6) is 0 Å². The van der Waals surface area contributed by atoms with Gasteiger partial charge in [-0.05, 0) is 30.7 Å². The molecule has 0 aliphatic carbocycles. The maximum atomic E-state index is 12.9. The molecule has 1 aromatic carbocycles. The quantitative estimate of drug-likeness (QED) is 0.624. The Kier molecular flexibility index (Phi) is 5.87. The van der Waals surface area contributed by atoms with Gasteiger partial charge in [0.25, 0.3) is 0 Å². The molecule has 1 amide bonds. The van der Waals surface area contributed by atoms with Crippen LogP contribution >= 0.6 is 0 Å². The van der Waals surface area contributed by atoms with E-state index in [4.69, 9.17) is 0 Å². The van der Waals surface area contributed by atoms with Crippen LogP contribution in [0.1, 0.15) is 12.5 Å². The fraction of sp³-hybridized carbons (Fsp3) is 0.412. The molecule has 6 heteroatoms. The van der Waals surface area contributed by atoms with Crippen molar-refractivity contribution in [3.8, 4) is 0 Å². The SMILES string of the molecule is COC(=O)CN1CCN(C(=O)/C(C)=C/c2ccc(F)cc2)CC1. The zero-order valence-electron chi connectivity index (χ0n) is 13.4. The van der Waals surface area contributed by atoms with Crippen LogP contribution in [0.4, 0.5) is 4.39 Å². The normalized spacial score (nSPS) is 16.3. The summed E-state index contributed by atoms with van der Waals surface area (Å²) >= 11 is 0. The first-order chi connectivity index (χ1) is 11.0. The van der Waals surface area contributed by atoms with Gasteiger partial charge in [0, 0.05) is 31.8 Å². The molecule has 0 N–H and O–H groups in total. The summed E-state index contributed by atoms with van der Waals surface area (Å²) in [7, 11) is 1.37. The Labute approximate surface area is 135 Å². The molecule has 0 bridgehead atoms. The lowest BCUT2D eigenvalue weighted by molar-refractivity contribution is -0.142. The molecular formula is C17H21FN2O3. The minimum Gasteiger partial charge on any atom is -0.468 e. The van der Waals surface area contributed by atoms with Gasteiger partial charge in [0.15, 0.2) is 0 Å². The summed E-state index contributed by atoms with van der Waals surface area (Å²) in [5.74, 6) is -0.600. The van der Waals surface area contributed by atoms with Gasteiger partial charge in [-0.2, -0.15) is 0 Å². The standard InChI is InChI=1S/C17H21FN2O3/c1-13(11-14-3-5-15(18)6-4-14)17(22)20-9-7-19(8-10-20)12-16(21)23-2/h3-6,11H,7-10,12H2,1-2H3/b13-11+. The van der Waals surface area contributed by atoms with Crippen molar-refractivity contribution in [1.29, 1.82) is 0 Å². The summed E-state index contributed by atoms with van der Waals surface area (Å²) in [6, 6.07) is 6.02. The first-order valence-electron chi connectivity index (χ1n) is 7.52. The van der Waals surface area contributed by atoms with Crippen molar-refractivity contribution in [2.45, 2.75) is 6.92 Å². The van der Waals surface area contributed by atoms with Crippen molar-refractivity contribution in [1.82, 2.24) is 9.80 Å². The number of carbonyl (C=O) groups excluding carboxylic acids is 2. The van der Waals surface area contributed by atoms with E-state index in [1.165, 1.54) is 19.2 Å². The predicted molar refractivity (Wildman–Crippen MR) is 85.1 cm³/mol. The molecule has 23 heavy (non-hydrogen) atoms. The number of benzene rings is 1. The Morgan fingerprint density at radius 2 is 1.78 bits per heavy atom. The molecule has 1 heterocycles. The molecule has 0 radical (unpaired) electrons. The van der Waals surface area contributed by atoms with Crippen LogP contribution in [-0.2, 0) is 14.3 Å². The van der Waals surface area contributed by atoms with E-state index in [1.807, 2.05) is 4.90 Å². The Morgan fingerprint density at radius 3 is 2.35 bits per heavy atom. The Balaban J connectivity index is 1.91. The van der Waals surface area contributed by atoms with E-state index in [2.05, 4.69) is 4.74 Å². The molecule has 1 aliphatic rings. The maximum Gasteiger partial charge on any atom is 0.319 e. The van der Waals surface area contributed by atoms with Crippen LogP contribution in [0.3, 0.4) is 0 Å².